The molecule has 2 atom stereocenters. The third-order valence-electron chi connectivity index (χ3n) is 4.63. The number of carbonyl (C=O) groups excluding carboxylic acids is 2. The van der Waals surface area contributed by atoms with Crippen molar-refractivity contribution in [2.24, 2.45) is 0 Å². The zero-order chi connectivity index (χ0) is 18.5. The molecule has 26 heavy (non-hydrogen) atoms. The highest BCUT2D eigenvalue weighted by Crippen LogP contribution is 2.24. The number of carbonyl (C=O) groups is 2. The molecule has 0 N–H and O–H groups in total. The summed E-state index contributed by atoms with van der Waals surface area (Å²) in [6, 6.07) is 17.2. The van der Waals surface area contributed by atoms with Crippen LogP contribution in [0.25, 0.3) is 11.1 Å². The monoisotopic (exact) mass is 353 g/mol. The van der Waals surface area contributed by atoms with Crippen molar-refractivity contribution < 1.29 is 19.1 Å². The first kappa shape index (κ1) is 18.0. The minimum absolute atomic E-state index is 0.190. The van der Waals surface area contributed by atoms with Gasteiger partial charge in [-0.15, -0.1) is 0 Å². The molecule has 1 fully saturated rings. The highest BCUT2D eigenvalue weighted by Gasteiger charge is 2.37. The molecule has 0 bridgehead atoms. The quantitative estimate of drug-likeness (QED) is 0.774. The van der Waals surface area contributed by atoms with Gasteiger partial charge in [-0.3, -0.25) is 4.79 Å². The topological polar surface area (TPSA) is 55.8 Å². The second-order valence-corrected chi connectivity index (χ2v) is 6.36. The highest BCUT2D eigenvalue weighted by atomic mass is 16.5. The number of nitrogens with zero attached hydrogens (tertiary/aromatic N) is 1. The molecule has 2 aromatic carbocycles. The van der Waals surface area contributed by atoms with Crippen molar-refractivity contribution in [3.8, 4) is 16.9 Å². The van der Waals surface area contributed by atoms with E-state index in [4.69, 9.17) is 9.47 Å². The smallest absolute Gasteiger partial charge is 0.328 e. The van der Waals surface area contributed by atoms with Crippen molar-refractivity contribution in [1.82, 2.24) is 4.90 Å². The van der Waals surface area contributed by atoms with Crippen LogP contribution < -0.4 is 4.74 Å². The number of methoxy groups -OCH3 is 1. The number of rotatable bonds is 5. The van der Waals surface area contributed by atoms with Crippen LogP contribution in [0.2, 0.25) is 0 Å². The fourth-order valence-electron chi connectivity index (χ4n) is 3.26. The normalized spacial score (nSPS) is 17.6. The molecule has 0 radical (unpaired) electrons. The predicted molar refractivity (Wildman–Crippen MR) is 98.7 cm³/mol. The van der Waals surface area contributed by atoms with Crippen LogP contribution in [0.3, 0.4) is 0 Å². The molecule has 3 rings (SSSR count). The number of esters is 1. The summed E-state index contributed by atoms with van der Waals surface area (Å²) in [5.41, 5.74) is 2.21. The van der Waals surface area contributed by atoms with Gasteiger partial charge < -0.3 is 14.4 Å². The Labute approximate surface area is 153 Å². The Kier molecular flexibility index (Phi) is 5.56. The largest absolute Gasteiger partial charge is 0.481 e. The molecule has 2 aromatic rings. The summed E-state index contributed by atoms with van der Waals surface area (Å²) >= 11 is 0. The lowest BCUT2D eigenvalue weighted by atomic mass is 10.1. The van der Waals surface area contributed by atoms with E-state index in [0.717, 1.165) is 17.5 Å². The van der Waals surface area contributed by atoms with Crippen LogP contribution in [-0.4, -0.2) is 42.6 Å². The number of likely N-dealkylation sites (tertiary alicyclic amines) is 1. The number of amides is 1. The maximum Gasteiger partial charge on any atom is 0.328 e. The van der Waals surface area contributed by atoms with Crippen molar-refractivity contribution in [2.45, 2.75) is 31.9 Å². The van der Waals surface area contributed by atoms with E-state index in [-0.39, 0.29) is 11.9 Å². The van der Waals surface area contributed by atoms with Crippen molar-refractivity contribution >= 4 is 11.9 Å². The number of benzene rings is 2. The van der Waals surface area contributed by atoms with E-state index in [1.165, 1.54) is 7.11 Å². The van der Waals surface area contributed by atoms with E-state index in [1.807, 2.05) is 54.6 Å². The number of ether oxygens (including phenoxy) is 2. The average molecular weight is 353 g/mol. The predicted octanol–water partition coefficient (Wildman–Crippen LogP) is 3.28. The van der Waals surface area contributed by atoms with Gasteiger partial charge in [-0.25, -0.2) is 4.79 Å². The molecule has 1 aliphatic heterocycles. The lowest BCUT2D eigenvalue weighted by molar-refractivity contribution is -0.153. The van der Waals surface area contributed by atoms with Gasteiger partial charge in [0, 0.05) is 6.54 Å². The minimum Gasteiger partial charge on any atom is -0.481 e. The van der Waals surface area contributed by atoms with Gasteiger partial charge >= 0.3 is 5.97 Å². The molecule has 5 nitrogen and oxygen atoms in total. The maximum atomic E-state index is 12.7. The molecule has 0 aliphatic carbocycles. The van der Waals surface area contributed by atoms with Crippen LogP contribution >= 0.6 is 0 Å². The van der Waals surface area contributed by atoms with E-state index >= 15 is 0 Å². The van der Waals surface area contributed by atoms with E-state index < -0.39 is 12.1 Å². The Bertz CT molecular complexity index is 757. The number of hydrogen-bond donors (Lipinski definition) is 0. The van der Waals surface area contributed by atoms with Crippen LogP contribution in [0.15, 0.2) is 54.6 Å². The molecule has 136 valence electrons. The van der Waals surface area contributed by atoms with Crippen LogP contribution in [0, 0.1) is 0 Å². The first-order chi connectivity index (χ1) is 12.6. The number of hydrogen-bond acceptors (Lipinski definition) is 4. The Balaban J connectivity index is 1.65. The van der Waals surface area contributed by atoms with Gasteiger partial charge in [-0.05, 0) is 43.0 Å². The van der Waals surface area contributed by atoms with Crippen molar-refractivity contribution in [3.05, 3.63) is 54.6 Å². The Hall–Kier alpha value is -2.82. The van der Waals surface area contributed by atoms with E-state index in [1.54, 1.807) is 11.8 Å². The summed E-state index contributed by atoms with van der Waals surface area (Å²) < 4.78 is 10.6. The maximum absolute atomic E-state index is 12.7. The fourth-order valence-corrected chi connectivity index (χ4v) is 3.26. The first-order valence-electron chi connectivity index (χ1n) is 8.80. The summed E-state index contributed by atoms with van der Waals surface area (Å²) in [5, 5.41) is 0. The second kappa shape index (κ2) is 8.04. The molecule has 5 heteroatoms. The Morgan fingerprint density at radius 3 is 2.35 bits per heavy atom. The SMILES string of the molecule is COC(=O)C1CCCN1C(=O)C(C)Oc1ccc(-c2ccccc2)cc1. The summed E-state index contributed by atoms with van der Waals surface area (Å²) in [6.07, 6.45) is 0.767. The lowest BCUT2D eigenvalue weighted by Crippen LogP contribution is -2.46. The molecule has 1 aliphatic rings. The zero-order valence-electron chi connectivity index (χ0n) is 15.1. The zero-order valence-corrected chi connectivity index (χ0v) is 15.1. The Morgan fingerprint density at radius 1 is 1.04 bits per heavy atom. The average Bonchev–Trinajstić information content (AvgIpc) is 3.17. The third-order valence-corrected chi connectivity index (χ3v) is 4.63. The summed E-state index contributed by atoms with van der Waals surface area (Å²) in [6.45, 7) is 2.26. The van der Waals surface area contributed by atoms with Crippen LogP contribution in [0.4, 0.5) is 0 Å². The van der Waals surface area contributed by atoms with Gasteiger partial charge in [-0.2, -0.15) is 0 Å². The minimum atomic E-state index is -0.664. The van der Waals surface area contributed by atoms with Crippen LogP contribution in [0.5, 0.6) is 5.75 Å². The summed E-state index contributed by atoms with van der Waals surface area (Å²) in [5.74, 6) is 0.0691. The van der Waals surface area contributed by atoms with E-state index in [9.17, 15) is 9.59 Å². The molecule has 1 amide bonds. The van der Waals surface area contributed by atoms with E-state index in [0.29, 0.717) is 18.7 Å². The van der Waals surface area contributed by atoms with Gasteiger partial charge in [-0.1, -0.05) is 42.5 Å². The molecular formula is C21H23NO4. The molecule has 2 unspecified atom stereocenters. The third kappa shape index (κ3) is 3.87. The second-order valence-electron chi connectivity index (χ2n) is 6.36. The fraction of sp³-hybridized carbons (Fsp3) is 0.333. The van der Waals surface area contributed by atoms with Gasteiger partial charge in [0.15, 0.2) is 6.10 Å². The van der Waals surface area contributed by atoms with Crippen molar-refractivity contribution in [3.63, 3.8) is 0 Å². The summed E-state index contributed by atoms with van der Waals surface area (Å²) in [7, 11) is 1.34. The molecule has 1 heterocycles. The van der Waals surface area contributed by atoms with Crippen LogP contribution in [0.1, 0.15) is 19.8 Å². The molecular weight excluding hydrogens is 330 g/mol. The van der Waals surface area contributed by atoms with Gasteiger partial charge in [0.2, 0.25) is 0 Å². The van der Waals surface area contributed by atoms with Gasteiger partial charge in [0.05, 0.1) is 7.11 Å². The summed E-state index contributed by atoms with van der Waals surface area (Å²) in [4.78, 5) is 26.1. The van der Waals surface area contributed by atoms with E-state index in [2.05, 4.69) is 0 Å². The van der Waals surface area contributed by atoms with Crippen LogP contribution in [-0.2, 0) is 14.3 Å². The van der Waals surface area contributed by atoms with Gasteiger partial charge in [0.1, 0.15) is 11.8 Å². The lowest BCUT2D eigenvalue weighted by Gasteiger charge is -2.26. The molecule has 0 aromatic heterocycles. The van der Waals surface area contributed by atoms with Gasteiger partial charge in [0.25, 0.3) is 5.91 Å². The Morgan fingerprint density at radius 2 is 1.69 bits per heavy atom. The van der Waals surface area contributed by atoms with Crippen molar-refractivity contribution in [1.29, 1.82) is 0 Å². The van der Waals surface area contributed by atoms with Crippen molar-refractivity contribution in [2.75, 3.05) is 13.7 Å². The first-order valence-corrected chi connectivity index (χ1v) is 8.80. The standard InChI is InChI=1S/C21H23NO4/c1-15(20(23)22-14-6-9-19(22)21(24)25-2)26-18-12-10-17(11-13-18)16-7-4-3-5-8-16/h3-5,7-8,10-13,15,19H,6,9,14H2,1-2H3. The molecule has 1 saturated heterocycles. The molecule has 0 spiro atoms. The molecule has 0 saturated carbocycles. The highest BCUT2D eigenvalue weighted by molar-refractivity contribution is 5.87.